The molecule has 29 heavy (non-hydrogen) atoms. The minimum Gasteiger partial charge on any atom is -0.456 e. The Morgan fingerprint density at radius 3 is 1.59 bits per heavy atom. The maximum absolute atomic E-state index is 6.19. The van der Waals surface area contributed by atoms with Crippen molar-refractivity contribution in [3.05, 3.63) is 59.7 Å². The van der Waals surface area contributed by atoms with E-state index in [-0.39, 0.29) is 0 Å². The minimum absolute atomic E-state index is 0.848. The van der Waals surface area contributed by atoms with Gasteiger partial charge in [-0.15, -0.1) is 11.5 Å². The number of fused-ring (bicyclic) bond motifs is 6. The number of rotatable bonds is 0. The maximum atomic E-state index is 6.19. The summed E-state index contributed by atoms with van der Waals surface area (Å²) in [6.45, 7) is 8.58. The molecule has 2 aromatic heterocycles. The first-order chi connectivity index (χ1) is 13.9. The summed E-state index contributed by atoms with van der Waals surface area (Å²) < 4.78 is 12.3. The standard InChI is InChI=1S/C26H20O2Si/c1-5-6-17-7-9-19-21-15-26-22(16-25(21)27-23(19)13-17)20-10-8-18(14-24(20)28-26)11-12-29(2,3)4/h7-10,13-16H,1-4H3. The van der Waals surface area contributed by atoms with Crippen molar-refractivity contribution >= 4 is 52.0 Å². The highest BCUT2D eigenvalue weighted by Gasteiger charge is 2.14. The first-order valence-corrected chi connectivity index (χ1v) is 13.2. The van der Waals surface area contributed by atoms with Gasteiger partial charge in [-0.1, -0.05) is 31.5 Å². The van der Waals surface area contributed by atoms with E-state index in [2.05, 4.69) is 73.3 Å². The van der Waals surface area contributed by atoms with Crippen molar-refractivity contribution in [1.29, 1.82) is 0 Å². The molecule has 0 saturated heterocycles. The highest BCUT2D eigenvalue weighted by atomic mass is 28.3. The summed E-state index contributed by atoms with van der Waals surface area (Å²) in [7, 11) is -1.41. The lowest BCUT2D eigenvalue weighted by atomic mass is 10.1. The van der Waals surface area contributed by atoms with Gasteiger partial charge in [-0.3, -0.25) is 0 Å². The van der Waals surface area contributed by atoms with Gasteiger partial charge in [-0.25, -0.2) is 0 Å². The second-order valence-corrected chi connectivity index (χ2v) is 13.1. The molecular weight excluding hydrogens is 372 g/mol. The van der Waals surface area contributed by atoms with Gasteiger partial charge in [0.05, 0.1) is 0 Å². The second kappa shape index (κ2) is 6.31. The Morgan fingerprint density at radius 2 is 1.10 bits per heavy atom. The van der Waals surface area contributed by atoms with Crippen molar-refractivity contribution in [2.75, 3.05) is 0 Å². The molecule has 5 rings (SSSR count). The molecule has 0 bridgehead atoms. The summed E-state index contributed by atoms with van der Waals surface area (Å²) in [6.07, 6.45) is 0. The lowest BCUT2D eigenvalue weighted by Gasteiger charge is -2.03. The second-order valence-electron chi connectivity index (χ2n) is 8.35. The van der Waals surface area contributed by atoms with E-state index in [1.807, 2.05) is 25.1 Å². The maximum Gasteiger partial charge on any atom is 0.136 e. The van der Waals surface area contributed by atoms with E-state index in [4.69, 9.17) is 8.83 Å². The molecule has 0 unspecified atom stereocenters. The molecule has 0 aliphatic heterocycles. The highest BCUT2D eigenvalue weighted by molar-refractivity contribution is 6.83. The first kappa shape index (κ1) is 17.7. The highest BCUT2D eigenvalue weighted by Crippen LogP contribution is 2.37. The Morgan fingerprint density at radius 1 is 0.621 bits per heavy atom. The molecule has 0 radical (unpaired) electrons. The molecule has 0 amide bonds. The van der Waals surface area contributed by atoms with Crippen LogP contribution in [0.1, 0.15) is 18.1 Å². The van der Waals surface area contributed by atoms with E-state index in [1.54, 1.807) is 0 Å². The summed E-state index contributed by atoms with van der Waals surface area (Å²) in [5.41, 5.74) is 8.81. The Labute approximate surface area is 170 Å². The van der Waals surface area contributed by atoms with Crippen molar-refractivity contribution in [3.63, 3.8) is 0 Å². The van der Waals surface area contributed by atoms with E-state index in [0.717, 1.165) is 55.0 Å². The van der Waals surface area contributed by atoms with E-state index in [0.29, 0.717) is 0 Å². The third-order valence-corrected chi connectivity index (χ3v) is 5.79. The average molecular weight is 393 g/mol. The summed E-state index contributed by atoms with van der Waals surface area (Å²) in [5.74, 6) is 9.33. The molecule has 5 aromatic rings. The van der Waals surface area contributed by atoms with Crippen LogP contribution in [0.5, 0.6) is 0 Å². The first-order valence-electron chi connectivity index (χ1n) is 9.70. The van der Waals surface area contributed by atoms with Gasteiger partial charge in [0.25, 0.3) is 0 Å². The van der Waals surface area contributed by atoms with Gasteiger partial charge in [-0.2, -0.15) is 0 Å². The number of hydrogen-bond acceptors (Lipinski definition) is 2. The van der Waals surface area contributed by atoms with Crippen molar-refractivity contribution in [1.82, 2.24) is 0 Å². The van der Waals surface area contributed by atoms with E-state index in [1.165, 1.54) is 0 Å². The lowest BCUT2D eigenvalue weighted by Crippen LogP contribution is -2.16. The van der Waals surface area contributed by atoms with Gasteiger partial charge in [0.15, 0.2) is 0 Å². The van der Waals surface area contributed by atoms with Crippen LogP contribution in [0.2, 0.25) is 19.6 Å². The quantitative estimate of drug-likeness (QED) is 0.208. The summed E-state index contributed by atoms with van der Waals surface area (Å²) in [4.78, 5) is 0. The Balaban J connectivity index is 1.71. The summed E-state index contributed by atoms with van der Waals surface area (Å²) in [5, 5.41) is 4.27. The van der Waals surface area contributed by atoms with Crippen LogP contribution < -0.4 is 0 Å². The van der Waals surface area contributed by atoms with Crippen LogP contribution in [0.4, 0.5) is 0 Å². The van der Waals surface area contributed by atoms with Crippen molar-refractivity contribution in [2.45, 2.75) is 26.6 Å². The largest absolute Gasteiger partial charge is 0.456 e. The normalized spacial score (nSPS) is 11.6. The van der Waals surface area contributed by atoms with Gasteiger partial charge < -0.3 is 8.83 Å². The molecule has 0 N–H and O–H groups in total. The molecule has 3 heteroatoms. The van der Waals surface area contributed by atoms with Crippen molar-refractivity contribution in [3.8, 4) is 23.3 Å². The fourth-order valence-electron chi connectivity index (χ4n) is 3.60. The minimum atomic E-state index is -1.41. The van der Waals surface area contributed by atoms with Gasteiger partial charge in [0, 0.05) is 32.7 Å². The summed E-state index contributed by atoms with van der Waals surface area (Å²) in [6, 6.07) is 16.5. The molecule has 0 spiro atoms. The zero-order chi connectivity index (χ0) is 20.2. The zero-order valence-electron chi connectivity index (χ0n) is 16.9. The van der Waals surface area contributed by atoms with Gasteiger partial charge >= 0.3 is 0 Å². The Bertz CT molecular complexity index is 1550. The Kier molecular flexibility index (Phi) is 3.85. The van der Waals surface area contributed by atoms with Crippen LogP contribution in [-0.4, -0.2) is 8.07 Å². The molecule has 0 saturated carbocycles. The van der Waals surface area contributed by atoms with Crippen LogP contribution in [-0.2, 0) is 0 Å². The number of furan rings is 2. The summed E-state index contributed by atoms with van der Waals surface area (Å²) >= 11 is 0. The van der Waals surface area contributed by atoms with Crippen LogP contribution in [0.15, 0.2) is 57.4 Å². The Hall–Kier alpha value is -3.40. The molecule has 140 valence electrons. The van der Waals surface area contributed by atoms with E-state index in [9.17, 15) is 0 Å². The third kappa shape index (κ3) is 3.11. The topological polar surface area (TPSA) is 26.3 Å². The lowest BCUT2D eigenvalue weighted by molar-refractivity contribution is 0.664. The van der Waals surface area contributed by atoms with E-state index < -0.39 is 8.07 Å². The number of benzene rings is 3. The molecule has 0 fully saturated rings. The van der Waals surface area contributed by atoms with Gasteiger partial charge in [0.2, 0.25) is 0 Å². The molecule has 3 aromatic carbocycles. The fourth-order valence-corrected chi connectivity index (χ4v) is 4.12. The molecule has 0 atom stereocenters. The zero-order valence-corrected chi connectivity index (χ0v) is 17.9. The fraction of sp³-hybridized carbons (Fsp3) is 0.154. The van der Waals surface area contributed by atoms with Gasteiger partial charge in [-0.05, 0) is 55.5 Å². The third-order valence-electron chi connectivity index (χ3n) is 4.92. The van der Waals surface area contributed by atoms with Crippen LogP contribution in [0.3, 0.4) is 0 Å². The molecule has 0 aliphatic carbocycles. The van der Waals surface area contributed by atoms with Crippen LogP contribution in [0.25, 0.3) is 43.9 Å². The smallest absolute Gasteiger partial charge is 0.136 e. The van der Waals surface area contributed by atoms with Crippen molar-refractivity contribution in [2.24, 2.45) is 0 Å². The van der Waals surface area contributed by atoms with Crippen LogP contribution >= 0.6 is 0 Å². The predicted molar refractivity (Wildman–Crippen MR) is 124 cm³/mol. The molecule has 2 nitrogen and oxygen atoms in total. The number of hydrogen-bond donors (Lipinski definition) is 0. The molecule has 0 aliphatic rings. The molecular formula is C26H20O2Si. The van der Waals surface area contributed by atoms with Crippen molar-refractivity contribution < 1.29 is 8.83 Å². The predicted octanol–water partition coefficient (Wildman–Crippen LogP) is 7.09. The molecule has 2 heterocycles. The monoisotopic (exact) mass is 392 g/mol. The van der Waals surface area contributed by atoms with Gasteiger partial charge in [0.1, 0.15) is 30.4 Å². The van der Waals surface area contributed by atoms with E-state index >= 15 is 0 Å². The van der Waals surface area contributed by atoms with Crippen LogP contribution in [0, 0.1) is 23.3 Å². The average Bonchev–Trinajstić information content (AvgIpc) is 3.20. The SMILES string of the molecule is CC#Cc1ccc2c(c1)oc1cc3c(cc12)oc1cc(C#C[Si](C)(C)C)ccc13.